The van der Waals surface area contributed by atoms with Crippen LogP contribution in [0.15, 0.2) is 60.9 Å². The van der Waals surface area contributed by atoms with E-state index in [0.29, 0.717) is 24.6 Å². The van der Waals surface area contributed by atoms with Gasteiger partial charge in [0.2, 0.25) is 0 Å². The number of rotatable bonds is 5. The molecule has 26 heavy (non-hydrogen) atoms. The number of nitrogen functional groups attached to an aromatic ring is 1. The molecular weight excluding hydrogens is 328 g/mol. The first-order chi connectivity index (χ1) is 12.8. The van der Waals surface area contributed by atoms with E-state index in [4.69, 9.17) is 16.2 Å². The number of fused-ring (bicyclic) bond motifs is 1. The molecule has 0 aliphatic carbocycles. The number of ether oxygens (including phenoxy) is 1. The fraction of sp³-hybridized carbons (Fsp3) is 0.105. The molecule has 0 aliphatic heterocycles. The largest absolute Gasteiger partial charge is 0.457 e. The summed E-state index contributed by atoms with van der Waals surface area (Å²) in [6.07, 6.45) is 1.44. The maximum absolute atomic E-state index is 6.08. The third-order valence-corrected chi connectivity index (χ3v) is 4.01. The maximum Gasteiger partial charge on any atom is 0.164 e. The molecule has 2 aromatic carbocycles. The fourth-order valence-electron chi connectivity index (χ4n) is 2.82. The van der Waals surface area contributed by atoms with Crippen molar-refractivity contribution in [1.29, 1.82) is 0 Å². The van der Waals surface area contributed by atoms with Gasteiger partial charge in [0.1, 0.15) is 29.3 Å². The molecule has 0 atom stereocenters. The zero-order chi connectivity index (χ0) is 17.9. The SMILES string of the molecule is NCCn1nc(-c2ccc(Oc3ccccc3)cc2)c2c(N)ncnc21. The lowest BCUT2D eigenvalue weighted by Gasteiger charge is -2.06. The monoisotopic (exact) mass is 346 g/mol. The Labute approximate surface area is 150 Å². The zero-order valence-corrected chi connectivity index (χ0v) is 14.0. The lowest BCUT2D eigenvalue weighted by atomic mass is 10.1. The average Bonchev–Trinajstić information content (AvgIpc) is 3.04. The zero-order valence-electron chi connectivity index (χ0n) is 14.0. The van der Waals surface area contributed by atoms with Crippen LogP contribution in [0.25, 0.3) is 22.3 Å². The third-order valence-electron chi connectivity index (χ3n) is 4.01. The van der Waals surface area contributed by atoms with Crippen molar-refractivity contribution in [1.82, 2.24) is 19.7 Å². The number of aromatic nitrogens is 4. The summed E-state index contributed by atoms with van der Waals surface area (Å²) in [5.74, 6) is 1.93. The minimum Gasteiger partial charge on any atom is -0.457 e. The molecule has 4 rings (SSSR count). The van der Waals surface area contributed by atoms with Crippen LogP contribution >= 0.6 is 0 Å². The van der Waals surface area contributed by atoms with Crippen molar-refractivity contribution >= 4 is 16.9 Å². The van der Waals surface area contributed by atoms with Crippen molar-refractivity contribution in [2.45, 2.75) is 6.54 Å². The smallest absolute Gasteiger partial charge is 0.164 e. The third kappa shape index (κ3) is 2.96. The van der Waals surface area contributed by atoms with Gasteiger partial charge in [0.25, 0.3) is 0 Å². The number of hydrogen-bond acceptors (Lipinski definition) is 6. The molecule has 0 unspecified atom stereocenters. The molecule has 0 radical (unpaired) electrons. The van der Waals surface area contributed by atoms with Gasteiger partial charge in [-0.25, -0.2) is 14.6 Å². The summed E-state index contributed by atoms with van der Waals surface area (Å²) >= 11 is 0. The molecule has 7 nitrogen and oxygen atoms in total. The van der Waals surface area contributed by atoms with E-state index < -0.39 is 0 Å². The Bertz CT molecular complexity index is 1030. The van der Waals surface area contributed by atoms with Gasteiger partial charge in [-0.05, 0) is 36.4 Å². The summed E-state index contributed by atoms with van der Waals surface area (Å²) in [7, 11) is 0. The van der Waals surface area contributed by atoms with Crippen molar-refractivity contribution in [2.24, 2.45) is 5.73 Å². The lowest BCUT2D eigenvalue weighted by molar-refractivity contribution is 0.483. The number of nitrogens with two attached hydrogens (primary N) is 2. The molecule has 2 aromatic heterocycles. The predicted molar refractivity (Wildman–Crippen MR) is 101 cm³/mol. The maximum atomic E-state index is 6.08. The van der Waals surface area contributed by atoms with Gasteiger partial charge >= 0.3 is 0 Å². The van der Waals surface area contributed by atoms with E-state index in [9.17, 15) is 0 Å². The van der Waals surface area contributed by atoms with Crippen LogP contribution in [0.5, 0.6) is 11.5 Å². The van der Waals surface area contributed by atoms with E-state index in [0.717, 1.165) is 28.1 Å². The van der Waals surface area contributed by atoms with E-state index in [1.54, 1.807) is 4.68 Å². The molecule has 0 spiro atoms. The molecule has 7 heteroatoms. The molecule has 0 saturated carbocycles. The van der Waals surface area contributed by atoms with Crippen LogP contribution in [0.3, 0.4) is 0 Å². The van der Waals surface area contributed by atoms with Crippen molar-refractivity contribution in [3.8, 4) is 22.8 Å². The average molecular weight is 346 g/mol. The first-order valence-corrected chi connectivity index (χ1v) is 8.26. The molecule has 0 fully saturated rings. The Balaban J connectivity index is 1.71. The number of benzene rings is 2. The van der Waals surface area contributed by atoms with Crippen LogP contribution in [0.1, 0.15) is 0 Å². The van der Waals surface area contributed by atoms with Gasteiger partial charge in [-0.3, -0.25) is 0 Å². The molecule has 0 amide bonds. The Morgan fingerprint density at radius 1 is 0.923 bits per heavy atom. The van der Waals surface area contributed by atoms with E-state index in [1.807, 2.05) is 54.6 Å². The minimum absolute atomic E-state index is 0.401. The van der Waals surface area contributed by atoms with Crippen molar-refractivity contribution in [2.75, 3.05) is 12.3 Å². The van der Waals surface area contributed by atoms with Crippen LogP contribution in [0.2, 0.25) is 0 Å². The topological polar surface area (TPSA) is 105 Å². The number of para-hydroxylation sites is 1. The first-order valence-electron chi connectivity index (χ1n) is 8.26. The van der Waals surface area contributed by atoms with Crippen LogP contribution in [0.4, 0.5) is 5.82 Å². The van der Waals surface area contributed by atoms with Gasteiger partial charge in [0, 0.05) is 12.1 Å². The van der Waals surface area contributed by atoms with Crippen LogP contribution in [0, 0.1) is 0 Å². The van der Waals surface area contributed by atoms with Crippen molar-refractivity contribution in [3.63, 3.8) is 0 Å². The van der Waals surface area contributed by atoms with Gasteiger partial charge in [0.15, 0.2) is 5.65 Å². The summed E-state index contributed by atoms with van der Waals surface area (Å²) in [4.78, 5) is 8.41. The van der Waals surface area contributed by atoms with Crippen molar-refractivity contribution in [3.05, 3.63) is 60.9 Å². The Morgan fingerprint density at radius 3 is 2.38 bits per heavy atom. The Hall–Kier alpha value is -3.45. The molecule has 2 heterocycles. The first kappa shape index (κ1) is 16.0. The molecule has 0 saturated heterocycles. The Kier molecular flexibility index (Phi) is 4.20. The van der Waals surface area contributed by atoms with Gasteiger partial charge < -0.3 is 16.2 Å². The highest BCUT2D eigenvalue weighted by atomic mass is 16.5. The summed E-state index contributed by atoms with van der Waals surface area (Å²) in [5.41, 5.74) is 14.1. The van der Waals surface area contributed by atoms with E-state index in [-0.39, 0.29) is 0 Å². The molecule has 4 N–H and O–H groups in total. The highest BCUT2D eigenvalue weighted by molar-refractivity contribution is 5.98. The summed E-state index contributed by atoms with van der Waals surface area (Å²) < 4.78 is 7.59. The van der Waals surface area contributed by atoms with Crippen LogP contribution < -0.4 is 16.2 Å². The van der Waals surface area contributed by atoms with Crippen LogP contribution in [-0.4, -0.2) is 26.3 Å². The van der Waals surface area contributed by atoms with Crippen LogP contribution in [-0.2, 0) is 6.54 Å². The van der Waals surface area contributed by atoms with E-state index in [2.05, 4.69) is 15.1 Å². The molecule has 0 aliphatic rings. The quantitative estimate of drug-likeness (QED) is 0.576. The number of anilines is 1. The highest BCUT2D eigenvalue weighted by Crippen LogP contribution is 2.31. The predicted octanol–water partition coefficient (Wildman–Crippen LogP) is 2.83. The molecule has 130 valence electrons. The Morgan fingerprint density at radius 2 is 1.65 bits per heavy atom. The second-order valence-electron chi connectivity index (χ2n) is 5.76. The van der Waals surface area contributed by atoms with Gasteiger partial charge in [0.05, 0.1) is 11.9 Å². The minimum atomic E-state index is 0.401. The lowest BCUT2D eigenvalue weighted by Crippen LogP contribution is -2.11. The second-order valence-corrected chi connectivity index (χ2v) is 5.76. The van der Waals surface area contributed by atoms with Crippen molar-refractivity contribution < 1.29 is 4.74 Å². The fourth-order valence-corrected chi connectivity index (χ4v) is 2.82. The normalized spacial score (nSPS) is 11.0. The second kappa shape index (κ2) is 6.81. The standard InChI is InChI=1S/C19H18N6O/c20-10-11-25-19-16(18(21)22-12-23-19)17(24-25)13-6-8-15(9-7-13)26-14-4-2-1-3-5-14/h1-9,12H,10-11,20H2,(H2,21,22,23). The number of nitrogens with zero attached hydrogens (tertiary/aromatic N) is 4. The molecular formula is C19H18N6O. The molecule has 0 bridgehead atoms. The summed E-state index contributed by atoms with van der Waals surface area (Å²) in [6.45, 7) is 1.02. The highest BCUT2D eigenvalue weighted by Gasteiger charge is 2.16. The summed E-state index contributed by atoms with van der Waals surface area (Å²) in [5, 5.41) is 5.37. The molecule has 4 aromatic rings. The summed E-state index contributed by atoms with van der Waals surface area (Å²) in [6, 6.07) is 17.3. The van der Waals surface area contributed by atoms with E-state index >= 15 is 0 Å². The van der Waals surface area contributed by atoms with Gasteiger partial charge in [-0.15, -0.1) is 0 Å². The van der Waals surface area contributed by atoms with Gasteiger partial charge in [-0.2, -0.15) is 5.10 Å². The van der Waals surface area contributed by atoms with E-state index in [1.165, 1.54) is 6.33 Å². The van der Waals surface area contributed by atoms with Gasteiger partial charge in [-0.1, -0.05) is 18.2 Å². The number of hydrogen-bond donors (Lipinski definition) is 2.